The molecule has 1 aliphatic heterocycles. The van der Waals surface area contributed by atoms with Gasteiger partial charge in [0.05, 0.1) is 5.69 Å². The number of nitrogens with zero attached hydrogens (tertiary/aromatic N) is 2. The molecule has 6 heteroatoms. The van der Waals surface area contributed by atoms with Crippen molar-refractivity contribution in [3.05, 3.63) is 60.4 Å². The van der Waals surface area contributed by atoms with E-state index in [0.29, 0.717) is 11.4 Å². The number of amides is 1. The third kappa shape index (κ3) is 2.56. The summed E-state index contributed by atoms with van der Waals surface area (Å²) in [6.07, 6.45) is 0.407. The van der Waals surface area contributed by atoms with Gasteiger partial charge in [-0.1, -0.05) is 24.3 Å². The molecule has 1 amide bonds. The van der Waals surface area contributed by atoms with Crippen molar-refractivity contribution in [1.29, 1.82) is 0 Å². The van der Waals surface area contributed by atoms with E-state index in [-0.39, 0.29) is 12.5 Å². The van der Waals surface area contributed by atoms with Crippen LogP contribution >= 0.6 is 0 Å². The van der Waals surface area contributed by atoms with E-state index in [2.05, 4.69) is 4.98 Å². The number of hydrogen-bond acceptors (Lipinski definition) is 4. The summed E-state index contributed by atoms with van der Waals surface area (Å²) in [5.41, 5.74) is 1.10. The molecule has 3 rings (SSSR count). The highest BCUT2D eigenvalue weighted by molar-refractivity contribution is 5.97. The number of benzene rings is 1. The monoisotopic (exact) mass is 298 g/mol. The predicted octanol–water partition coefficient (Wildman–Crippen LogP) is 1.64. The smallest absolute Gasteiger partial charge is 0.335 e. The molecule has 0 bridgehead atoms. The number of morpholine rings is 1. The molecule has 0 radical (unpaired) electrons. The highest BCUT2D eigenvalue weighted by Crippen LogP contribution is 2.33. The fraction of sp³-hybridized carbons (Fsp3) is 0.188. The Morgan fingerprint density at radius 3 is 2.55 bits per heavy atom. The Bertz CT molecular complexity index is 675. The maximum absolute atomic E-state index is 12.3. The van der Waals surface area contributed by atoms with Gasteiger partial charge in [0.2, 0.25) is 0 Å². The minimum absolute atomic E-state index is 0.269. The lowest BCUT2D eigenvalue weighted by atomic mass is 10.0. The van der Waals surface area contributed by atoms with Crippen LogP contribution in [0.2, 0.25) is 0 Å². The molecule has 0 spiro atoms. The van der Waals surface area contributed by atoms with E-state index in [1.54, 1.807) is 48.7 Å². The van der Waals surface area contributed by atoms with Crippen LogP contribution in [0.25, 0.3) is 0 Å². The number of carbonyl (C=O) groups excluding carboxylic acids is 1. The number of carbonyl (C=O) groups is 2. The first-order chi connectivity index (χ1) is 10.7. The summed E-state index contributed by atoms with van der Waals surface area (Å²) in [6.45, 7) is -0.269. The molecule has 0 saturated carbocycles. The van der Waals surface area contributed by atoms with Gasteiger partial charge in [-0.2, -0.15) is 0 Å². The van der Waals surface area contributed by atoms with Gasteiger partial charge in [0.1, 0.15) is 12.6 Å². The van der Waals surface area contributed by atoms with Crippen molar-refractivity contribution >= 4 is 17.6 Å². The Kier molecular flexibility index (Phi) is 3.84. The molecule has 2 heterocycles. The molecule has 2 aromatic rings. The summed E-state index contributed by atoms with van der Waals surface area (Å²) in [4.78, 5) is 29.5. The van der Waals surface area contributed by atoms with Crippen molar-refractivity contribution in [1.82, 2.24) is 4.98 Å². The van der Waals surface area contributed by atoms with Crippen molar-refractivity contribution in [3.8, 4) is 0 Å². The standard InChI is InChI=1S/C16H14N2O4/c19-13-10-22-15(16(20)21)14(12-8-4-5-9-17-12)18(13)11-6-2-1-3-7-11/h1-9,14-15H,10H2,(H,20,21). The van der Waals surface area contributed by atoms with Crippen LogP contribution in [-0.4, -0.2) is 34.7 Å². The van der Waals surface area contributed by atoms with Crippen molar-refractivity contribution in [2.24, 2.45) is 0 Å². The van der Waals surface area contributed by atoms with Crippen LogP contribution < -0.4 is 4.90 Å². The van der Waals surface area contributed by atoms with E-state index >= 15 is 0 Å². The van der Waals surface area contributed by atoms with E-state index in [1.807, 2.05) is 6.07 Å². The molecule has 1 aromatic heterocycles. The maximum Gasteiger partial charge on any atom is 0.335 e. The Hall–Kier alpha value is -2.73. The number of para-hydroxylation sites is 1. The molecule has 22 heavy (non-hydrogen) atoms. The van der Waals surface area contributed by atoms with E-state index < -0.39 is 18.1 Å². The van der Waals surface area contributed by atoms with E-state index in [9.17, 15) is 14.7 Å². The topological polar surface area (TPSA) is 79.7 Å². The molecule has 112 valence electrons. The van der Waals surface area contributed by atoms with Gasteiger partial charge in [-0.15, -0.1) is 0 Å². The number of carboxylic acids is 1. The van der Waals surface area contributed by atoms with Crippen LogP contribution in [-0.2, 0) is 14.3 Å². The molecule has 2 atom stereocenters. The minimum Gasteiger partial charge on any atom is -0.479 e. The molecule has 1 N–H and O–H groups in total. The average molecular weight is 298 g/mol. The number of carboxylic acid groups (broad SMARTS) is 1. The van der Waals surface area contributed by atoms with Gasteiger partial charge in [-0.25, -0.2) is 4.79 Å². The van der Waals surface area contributed by atoms with Crippen molar-refractivity contribution in [3.63, 3.8) is 0 Å². The number of ether oxygens (including phenoxy) is 1. The number of rotatable bonds is 3. The summed E-state index contributed by atoms with van der Waals surface area (Å²) >= 11 is 0. The second-order valence-electron chi connectivity index (χ2n) is 4.87. The first-order valence-electron chi connectivity index (χ1n) is 6.81. The van der Waals surface area contributed by atoms with E-state index in [4.69, 9.17) is 4.74 Å². The zero-order valence-electron chi connectivity index (χ0n) is 11.6. The third-order valence-electron chi connectivity index (χ3n) is 3.49. The minimum atomic E-state index is -1.16. The predicted molar refractivity (Wildman–Crippen MR) is 78.3 cm³/mol. The fourth-order valence-corrected chi connectivity index (χ4v) is 2.55. The number of aliphatic carboxylic acids is 1. The SMILES string of the molecule is O=C(O)C1OCC(=O)N(c2ccccc2)C1c1ccccn1. The zero-order chi connectivity index (χ0) is 15.5. The van der Waals surface area contributed by atoms with Gasteiger partial charge in [0.15, 0.2) is 6.10 Å². The Labute approximate surface area is 127 Å². The lowest BCUT2D eigenvalue weighted by molar-refractivity contribution is -0.157. The number of anilines is 1. The number of pyridine rings is 1. The normalized spacial score (nSPS) is 21.6. The first-order valence-corrected chi connectivity index (χ1v) is 6.81. The van der Waals surface area contributed by atoms with Crippen molar-refractivity contribution in [2.45, 2.75) is 12.1 Å². The van der Waals surface area contributed by atoms with Crippen LogP contribution in [0.15, 0.2) is 54.7 Å². The van der Waals surface area contributed by atoms with E-state index in [1.165, 1.54) is 4.90 Å². The van der Waals surface area contributed by atoms with Crippen LogP contribution in [0.1, 0.15) is 11.7 Å². The fourth-order valence-electron chi connectivity index (χ4n) is 2.55. The Morgan fingerprint density at radius 1 is 1.18 bits per heavy atom. The molecule has 2 unspecified atom stereocenters. The summed E-state index contributed by atoms with van der Waals surface area (Å²) in [5, 5.41) is 9.43. The molecular formula is C16H14N2O4. The second kappa shape index (κ2) is 5.95. The Morgan fingerprint density at radius 2 is 1.91 bits per heavy atom. The van der Waals surface area contributed by atoms with Crippen LogP contribution in [0.4, 0.5) is 5.69 Å². The lowest BCUT2D eigenvalue weighted by Gasteiger charge is -2.38. The third-order valence-corrected chi connectivity index (χ3v) is 3.49. The van der Waals surface area contributed by atoms with Gasteiger partial charge in [0.25, 0.3) is 5.91 Å². The van der Waals surface area contributed by atoms with Gasteiger partial charge in [-0.3, -0.25) is 14.7 Å². The number of aromatic nitrogens is 1. The molecular weight excluding hydrogens is 284 g/mol. The van der Waals surface area contributed by atoms with Gasteiger partial charge < -0.3 is 9.84 Å². The molecule has 1 aromatic carbocycles. The van der Waals surface area contributed by atoms with Crippen molar-refractivity contribution in [2.75, 3.05) is 11.5 Å². The number of hydrogen-bond donors (Lipinski definition) is 1. The maximum atomic E-state index is 12.3. The lowest BCUT2D eigenvalue weighted by Crippen LogP contribution is -2.52. The highest BCUT2D eigenvalue weighted by atomic mass is 16.5. The van der Waals surface area contributed by atoms with Crippen molar-refractivity contribution < 1.29 is 19.4 Å². The summed E-state index contributed by atoms with van der Waals surface area (Å²) in [7, 11) is 0. The van der Waals surface area contributed by atoms with Crippen LogP contribution in [0, 0.1) is 0 Å². The van der Waals surface area contributed by atoms with E-state index in [0.717, 1.165) is 0 Å². The van der Waals surface area contributed by atoms with Crippen LogP contribution in [0.5, 0.6) is 0 Å². The zero-order valence-corrected chi connectivity index (χ0v) is 11.6. The highest BCUT2D eigenvalue weighted by Gasteiger charge is 2.43. The second-order valence-corrected chi connectivity index (χ2v) is 4.87. The summed E-state index contributed by atoms with van der Waals surface area (Å²) in [6, 6.07) is 13.3. The van der Waals surface area contributed by atoms with Gasteiger partial charge in [-0.05, 0) is 24.3 Å². The molecule has 6 nitrogen and oxygen atoms in total. The molecule has 1 aliphatic rings. The quantitative estimate of drug-likeness (QED) is 0.931. The summed E-state index contributed by atoms with van der Waals surface area (Å²) < 4.78 is 5.24. The van der Waals surface area contributed by atoms with Gasteiger partial charge >= 0.3 is 5.97 Å². The van der Waals surface area contributed by atoms with Gasteiger partial charge in [0, 0.05) is 11.9 Å². The molecule has 1 saturated heterocycles. The Balaban J connectivity index is 2.10. The average Bonchev–Trinajstić information content (AvgIpc) is 2.56. The summed E-state index contributed by atoms with van der Waals surface area (Å²) in [5.74, 6) is -1.41. The van der Waals surface area contributed by atoms with Crippen LogP contribution in [0.3, 0.4) is 0 Å². The largest absolute Gasteiger partial charge is 0.479 e. The molecule has 0 aliphatic carbocycles. The first kappa shape index (κ1) is 14.2. The molecule has 1 fully saturated rings.